The van der Waals surface area contributed by atoms with Gasteiger partial charge in [0.1, 0.15) is 0 Å². The molecule has 3 rings (SSSR count). The number of hydrogen-bond acceptors (Lipinski definition) is 4. The number of rotatable bonds is 4. The van der Waals surface area contributed by atoms with Gasteiger partial charge in [-0.2, -0.15) is 10.4 Å². The molecule has 2 aromatic rings. The monoisotopic (exact) mass is 351 g/mol. The lowest BCUT2D eigenvalue weighted by atomic mass is 10.1. The fourth-order valence-corrected chi connectivity index (χ4v) is 3.17. The maximum atomic E-state index is 8.87. The highest BCUT2D eigenvalue weighted by Gasteiger charge is 2.21. The smallest absolute Gasteiger partial charge is 0.191 e. The molecule has 1 fully saturated rings. The van der Waals surface area contributed by atoms with Crippen LogP contribution in [0.2, 0.25) is 0 Å². The number of nitriles is 1. The SMILES string of the molecule is CN=C(NCc1ccc(C#N)cc1)NC1CCCN(c2cnn(C)c2)C1. The molecule has 1 aromatic carbocycles. The van der Waals surface area contributed by atoms with Crippen LogP contribution < -0.4 is 15.5 Å². The molecule has 7 nitrogen and oxygen atoms in total. The molecule has 0 amide bonds. The van der Waals surface area contributed by atoms with E-state index in [1.165, 1.54) is 5.69 Å². The van der Waals surface area contributed by atoms with Crippen LogP contribution in [0.15, 0.2) is 41.7 Å². The first-order valence-electron chi connectivity index (χ1n) is 8.88. The first-order chi connectivity index (χ1) is 12.7. The van der Waals surface area contributed by atoms with Gasteiger partial charge in [-0.3, -0.25) is 9.67 Å². The first kappa shape index (κ1) is 17.8. The maximum Gasteiger partial charge on any atom is 0.191 e. The van der Waals surface area contributed by atoms with E-state index in [9.17, 15) is 0 Å². The number of aromatic nitrogens is 2. The highest BCUT2D eigenvalue weighted by atomic mass is 15.3. The van der Waals surface area contributed by atoms with E-state index >= 15 is 0 Å². The van der Waals surface area contributed by atoms with Crippen molar-refractivity contribution in [3.05, 3.63) is 47.8 Å². The van der Waals surface area contributed by atoms with E-state index in [-0.39, 0.29) is 0 Å². The van der Waals surface area contributed by atoms with E-state index < -0.39 is 0 Å². The molecule has 2 heterocycles. The van der Waals surface area contributed by atoms with Gasteiger partial charge in [-0.25, -0.2) is 0 Å². The van der Waals surface area contributed by atoms with Gasteiger partial charge in [0.25, 0.3) is 0 Å². The van der Waals surface area contributed by atoms with E-state index in [2.05, 4.69) is 37.9 Å². The molecule has 1 aliphatic heterocycles. The number of aliphatic imine (C=N–C) groups is 1. The Kier molecular flexibility index (Phi) is 5.74. The molecule has 1 unspecified atom stereocenters. The summed E-state index contributed by atoms with van der Waals surface area (Å²) in [5.74, 6) is 0.799. The lowest BCUT2D eigenvalue weighted by molar-refractivity contribution is 0.468. The van der Waals surface area contributed by atoms with Crippen LogP contribution in [-0.2, 0) is 13.6 Å². The van der Waals surface area contributed by atoms with E-state index in [4.69, 9.17) is 5.26 Å². The Hall–Kier alpha value is -3.01. The zero-order valence-electron chi connectivity index (χ0n) is 15.3. The predicted molar refractivity (Wildman–Crippen MR) is 103 cm³/mol. The second-order valence-electron chi connectivity index (χ2n) is 6.54. The molecule has 1 aliphatic rings. The van der Waals surface area contributed by atoms with Crippen LogP contribution in [0, 0.1) is 11.3 Å². The summed E-state index contributed by atoms with van der Waals surface area (Å²) in [4.78, 5) is 6.70. The van der Waals surface area contributed by atoms with Crippen LogP contribution in [-0.4, -0.2) is 41.9 Å². The summed E-state index contributed by atoms with van der Waals surface area (Å²) >= 11 is 0. The van der Waals surface area contributed by atoms with Gasteiger partial charge in [0, 0.05) is 46.0 Å². The molecule has 0 saturated carbocycles. The molecule has 0 radical (unpaired) electrons. The van der Waals surface area contributed by atoms with E-state index in [1.807, 2.05) is 42.2 Å². The topological polar surface area (TPSA) is 81.3 Å². The summed E-state index contributed by atoms with van der Waals surface area (Å²) < 4.78 is 1.84. The van der Waals surface area contributed by atoms with Crippen LogP contribution in [0.3, 0.4) is 0 Å². The first-order valence-corrected chi connectivity index (χ1v) is 8.88. The summed E-state index contributed by atoms with van der Waals surface area (Å²) in [6, 6.07) is 10.1. The molecule has 2 N–H and O–H groups in total. The summed E-state index contributed by atoms with van der Waals surface area (Å²) in [5, 5.41) is 20.0. The zero-order valence-corrected chi connectivity index (χ0v) is 15.3. The minimum Gasteiger partial charge on any atom is -0.367 e. The van der Waals surface area contributed by atoms with Gasteiger partial charge in [0.2, 0.25) is 0 Å². The van der Waals surface area contributed by atoms with Crippen molar-refractivity contribution in [2.24, 2.45) is 12.0 Å². The lowest BCUT2D eigenvalue weighted by Gasteiger charge is -2.34. The molecule has 1 aromatic heterocycles. The highest BCUT2D eigenvalue weighted by molar-refractivity contribution is 5.80. The normalized spacial score (nSPS) is 17.7. The number of nitrogens with zero attached hydrogens (tertiary/aromatic N) is 5. The minimum absolute atomic E-state index is 0.344. The van der Waals surface area contributed by atoms with Crippen molar-refractivity contribution >= 4 is 11.6 Å². The van der Waals surface area contributed by atoms with Crippen molar-refractivity contribution in [3.63, 3.8) is 0 Å². The van der Waals surface area contributed by atoms with Gasteiger partial charge in [0.15, 0.2) is 5.96 Å². The van der Waals surface area contributed by atoms with Crippen LogP contribution in [0.4, 0.5) is 5.69 Å². The van der Waals surface area contributed by atoms with Crippen molar-refractivity contribution in [1.82, 2.24) is 20.4 Å². The van der Waals surface area contributed by atoms with Crippen LogP contribution in [0.25, 0.3) is 0 Å². The van der Waals surface area contributed by atoms with E-state index in [0.717, 1.165) is 37.5 Å². The summed E-state index contributed by atoms with van der Waals surface area (Å²) in [5.41, 5.74) is 2.96. The van der Waals surface area contributed by atoms with Crippen molar-refractivity contribution in [2.75, 3.05) is 25.0 Å². The largest absolute Gasteiger partial charge is 0.367 e. The molecule has 0 aliphatic carbocycles. The van der Waals surface area contributed by atoms with Crippen LogP contribution >= 0.6 is 0 Å². The molecule has 0 bridgehead atoms. The second kappa shape index (κ2) is 8.39. The molecular weight excluding hydrogens is 326 g/mol. The van der Waals surface area contributed by atoms with Crippen molar-refractivity contribution < 1.29 is 0 Å². The molecule has 7 heteroatoms. The Balaban J connectivity index is 1.53. The Bertz CT molecular complexity index is 785. The third kappa shape index (κ3) is 4.54. The number of benzene rings is 1. The standard InChI is InChI=1S/C19H25N7/c1-21-19(22-11-16-7-5-15(10-20)6-8-16)24-17-4-3-9-26(13-17)18-12-23-25(2)14-18/h5-8,12,14,17H,3-4,9,11,13H2,1-2H3,(H2,21,22,24). The average molecular weight is 351 g/mol. The number of hydrogen-bond donors (Lipinski definition) is 2. The van der Waals surface area contributed by atoms with Gasteiger partial charge >= 0.3 is 0 Å². The molecule has 0 spiro atoms. The summed E-state index contributed by atoms with van der Waals surface area (Å²) in [6.07, 6.45) is 6.23. The number of piperidine rings is 1. The van der Waals surface area contributed by atoms with Gasteiger partial charge in [-0.1, -0.05) is 12.1 Å². The van der Waals surface area contributed by atoms with E-state index in [1.54, 1.807) is 7.05 Å². The molecule has 1 atom stereocenters. The molecule has 26 heavy (non-hydrogen) atoms. The molecule has 136 valence electrons. The van der Waals surface area contributed by atoms with Crippen molar-refractivity contribution in [3.8, 4) is 6.07 Å². The summed E-state index contributed by atoms with van der Waals surface area (Å²) in [6.45, 7) is 2.66. The number of anilines is 1. The number of nitrogens with one attached hydrogen (secondary N) is 2. The van der Waals surface area contributed by atoms with E-state index in [0.29, 0.717) is 18.2 Å². The van der Waals surface area contributed by atoms with Gasteiger partial charge in [0.05, 0.1) is 23.5 Å². The molecular formula is C19H25N7. The van der Waals surface area contributed by atoms with Crippen LogP contribution in [0.1, 0.15) is 24.0 Å². The van der Waals surface area contributed by atoms with Crippen molar-refractivity contribution in [1.29, 1.82) is 5.26 Å². The van der Waals surface area contributed by atoms with Gasteiger partial charge in [-0.05, 0) is 30.5 Å². The fourth-order valence-electron chi connectivity index (χ4n) is 3.17. The van der Waals surface area contributed by atoms with Gasteiger partial charge in [-0.15, -0.1) is 0 Å². The highest BCUT2D eigenvalue weighted by Crippen LogP contribution is 2.18. The third-order valence-corrected chi connectivity index (χ3v) is 4.59. The Morgan fingerprint density at radius 3 is 2.85 bits per heavy atom. The summed E-state index contributed by atoms with van der Waals surface area (Å²) in [7, 11) is 3.73. The van der Waals surface area contributed by atoms with Gasteiger partial charge < -0.3 is 15.5 Å². The number of aryl methyl sites for hydroxylation is 1. The third-order valence-electron chi connectivity index (χ3n) is 4.59. The Labute approximate surface area is 154 Å². The number of guanidine groups is 1. The predicted octanol–water partition coefficient (Wildman–Crippen LogP) is 1.63. The zero-order chi connectivity index (χ0) is 18.4. The molecule has 1 saturated heterocycles. The van der Waals surface area contributed by atoms with Crippen molar-refractivity contribution in [2.45, 2.75) is 25.4 Å². The minimum atomic E-state index is 0.344. The van der Waals surface area contributed by atoms with Crippen LogP contribution in [0.5, 0.6) is 0 Å². The Morgan fingerprint density at radius 1 is 1.38 bits per heavy atom. The quantitative estimate of drug-likeness (QED) is 0.646. The lowest BCUT2D eigenvalue weighted by Crippen LogP contribution is -2.51. The average Bonchev–Trinajstić information content (AvgIpc) is 3.12. The maximum absolute atomic E-state index is 8.87. The fraction of sp³-hybridized carbons (Fsp3) is 0.421. The Morgan fingerprint density at radius 2 is 2.19 bits per heavy atom. The second-order valence-corrected chi connectivity index (χ2v) is 6.54.